The molecule has 0 radical (unpaired) electrons. The van der Waals surface area contributed by atoms with E-state index in [0.717, 1.165) is 12.1 Å². The van der Waals surface area contributed by atoms with Crippen LogP contribution >= 0.6 is 15.9 Å². The Morgan fingerprint density at radius 1 is 1.64 bits per heavy atom. The quantitative estimate of drug-likeness (QED) is 0.669. The molecular formula is C9H11BrN2O2. The van der Waals surface area contributed by atoms with Gasteiger partial charge >= 0.3 is 5.91 Å². The SMILES string of the molecule is CC/C(C)=N\NC(=O)c1ccc(Br)o1. The van der Waals surface area contributed by atoms with Gasteiger partial charge in [0.25, 0.3) is 0 Å². The molecular weight excluding hydrogens is 248 g/mol. The van der Waals surface area contributed by atoms with Gasteiger partial charge in [0.1, 0.15) is 0 Å². The largest absolute Gasteiger partial charge is 0.444 e. The summed E-state index contributed by atoms with van der Waals surface area (Å²) in [5, 5.41) is 3.87. The van der Waals surface area contributed by atoms with Crippen LogP contribution in [0.15, 0.2) is 26.3 Å². The number of carbonyl (C=O) groups excluding carboxylic acids is 1. The maximum absolute atomic E-state index is 11.3. The Morgan fingerprint density at radius 2 is 2.36 bits per heavy atom. The summed E-state index contributed by atoms with van der Waals surface area (Å²) >= 11 is 3.11. The Kier molecular flexibility index (Phi) is 3.88. The standard InChI is InChI=1S/C9H11BrN2O2/c1-3-6(2)11-12-9(13)7-4-5-8(10)14-7/h4-5H,3H2,1-2H3,(H,12,13)/b11-6-. The number of rotatable bonds is 3. The van der Waals surface area contributed by atoms with E-state index in [1.807, 2.05) is 13.8 Å². The average Bonchev–Trinajstić information content (AvgIpc) is 2.60. The van der Waals surface area contributed by atoms with Crippen LogP contribution in [0.2, 0.25) is 0 Å². The number of hydrogen-bond acceptors (Lipinski definition) is 3. The molecule has 1 aromatic rings. The number of nitrogens with zero attached hydrogens (tertiary/aromatic N) is 1. The Balaban J connectivity index is 2.60. The molecule has 1 aromatic heterocycles. The van der Waals surface area contributed by atoms with Gasteiger partial charge in [-0.05, 0) is 41.4 Å². The summed E-state index contributed by atoms with van der Waals surface area (Å²) in [5.74, 6) is -0.104. The highest BCUT2D eigenvalue weighted by Crippen LogP contribution is 2.13. The second-order valence-electron chi connectivity index (χ2n) is 2.75. The number of nitrogens with one attached hydrogen (secondary N) is 1. The van der Waals surface area contributed by atoms with Crippen molar-refractivity contribution in [3.05, 3.63) is 22.6 Å². The first-order chi connectivity index (χ1) is 6.63. The lowest BCUT2D eigenvalue weighted by Gasteiger charge is -1.97. The van der Waals surface area contributed by atoms with Crippen LogP contribution in [0.5, 0.6) is 0 Å². The first-order valence-electron chi connectivity index (χ1n) is 4.22. The van der Waals surface area contributed by atoms with E-state index in [-0.39, 0.29) is 11.7 Å². The minimum atomic E-state index is -0.344. The normalized spacial score (nSPS) is 11.5. The first kappa shape index (κ1) is 11.0. The van der Waals surface area contributed by atoms with Crippen molar-refractivity contribution in [3.63, 3.8) is 0 Å². The molecule has 5 heteroatoms. The van der Waals surface area contributed by atoms with Crippen molar-refractivity contribution in [2.45, 2.75) is 20.3 Å². The summed E-state index contributed by atoms with van der Waals surface area (Å²) in [4.78, 5) is 11.3. The number of furan rings is 1. The second kappa shape index (κ2) is 4.95. The fourth-order valence-corrected chi connectivity index (χ4v) is 1.02. The number of carbonyl (C=O) groups is 1. The molecule has 0 bridgehead atoms. The number of halogens is 1. The lowest BCUT2D eigenvalue weighted by Crippen LogP contribution is -2.18. The van der Waals surface area contributed by atoms with E-state index in [2.05, 4.69) is 26.5 Å². The molecule has 0 spiro atoms. The number of hydrogen-bond donors (Lipinski definition) is 1. The van der Waals surface area contributed by atoms with Crippen molar-refractivity contribution < 1.29 is 9.21 Å². The highest BCUT2D eigenvalue weighted by Gasteiger charge is 2.08. The number of hydrazone groups is 1. The second-order valence-corrected chi connectivity index (χ2v) is 3.53. The van der Waals surface area contributed by atoms with Gasteiger partial charge in [-0.15, -0.1) is 0 Å². The third-order valence-corrected chi connectivity index (χ3v) is 2.08. The maximum atomic E-state index is 11.3. The third-order valence-electron chi connectivity index (χ3n) is 1.66. The Hall–Kier alpha value is -1.10. The van der Waals surface area contributed by atoms with Gasteiger partial charge in [0.2, 0.25) is 0 Å². The first-order valence-corrected chi connectivity index (χ1v) is 5.01. The highest BCUT2D eigenvalue weighted by atomic mass is 79.9. The minimum Gasteiger partial charge on any atom is -0.444 e. The van der Waals surface area contributed by atoms with E-state index < -0.39 is 0 Å². The van der Waals surface area contributed by atoms with E-state index in [4.69, 9.17) is 4.42 Å². The topological polar surface area (TPSA) is 54.6 Å². The van der Waals surface area contributed by atoms with Crippen LogP contribution < -0.4 is 5.43 Å². The summed E-state index contributed by atoms with van der Waals surface area (Å²) in [6, 6.07) is 3.24. The van der Waals surface area contributed by atoms with Gasteiger partial charge in [-0.25, -0.2) is 5.43 Å². The molecule has 1 amide bonds. The van der Waals surface area contributed by atoms with Crippen LogP contribution in [0.1, 0.15) is 30.8 Å². The Labute approximate surface area is 90.5 Å². The fraction of sp³-hybridized carbons (Fsp3) is 0.333. The molecule has 0 aromatic carbocycles. The third kappa shape index (κ3) is 2.99. The molecule has 4 nitrogen and oxygen atoms in total. The molecule has 0 saturated heterocycles. The van der Waals surface area contributed by atoms with E-state index in [1.54, 1.807) is 12.1 Å². The fourth-order valence-electron chi connectivity index (χ4n) is 0.717. The van der Waals surface area contributed by atoms with Crippen molar-refractivity contribution in [1.29, 1.82) is 0 Å². The molecule has 0 atom stereocenters. The van der Waals surface area contributed by atoms with Crippen LogP contribution in [-0.2, 0) is 0 Å². The molecule has 0 fully saturated rings. The zero-order valence-corrected chi connectivity index (χ0v) is 9.59. The summed E-state index contributed by atoms with van der Waals surface area (Å²) in [6.07, 6.45) is 0.808. The molecule has 0 aliphatic carbocycles. The highest BCUT2D eigenvalue weighted by molar-refractivity contribution is 9.10. The summed E-state index contributed by atoms with van der Waals surface area (Å²) in [6.45, 7) is 3.81. The van der Waals surface area contributed by atoms with Crippen molar-refractivity contribution >= 4 is 27.5 Å². The van der Waals surface area contributed by atoms with Gasteiger partial charge in [0.15, 0.2) is 10.4 Å². The Bertz CT molecular complexity index is 357. The van der Waals surface area contributed by atoms with Crippen molar-refractivity contribution in [2.75, 3.05) is 0 Å². The summed E-state index contributed by atoms with van der Waals surface area (Å²) in [5.41, 5.74) is 3.26. The van der Waals surface area contributed by atoms with Gasteiger partial charge in [-0.2, -0.15) is 5.10 Å². The molecule has 0 unspecified atom stereocenters. The lowest BCUT2D eigenvalue weighted by molar-refractivity contribution is 0.0926. The van der Waals surface area contributed by atoms with Crippen LogP contribution in [0.4, 0.5) is 0 Å². The van der Waals surface area contributed by atoms with E-state index in [0.29, 0.717) is 4.67 Å². The molecule has 0 aliphatic heterocycles. The predicted octanol–water partition coefficient (Wildman–Crippen LogP) is 2.56. The lowest BCUT2D eigenvalue weighted by atomic mass is 10.3. The molecule has 0 saturated carbocycles. The van der Waals surface area contributed by atoms with Gasteiger partial charge in [-0.1, -0.05) is 6.92 Å². The molecule has 1 N–H and O–H groups in total. The molecule has 76 valence electrons. The van der Waals surface area contributed by atoms with Crippen LogP contribution in [-0.4, -0.2) is 11.6 Å². The number of amides is 1. The average molecular weight is 259 g/mol. The van der Waals surface area contributed by atoms with E-state index in [1.165, 1.54) is 0 Å². The molecule has 0 aliphatic rings. The minimum absolute atomic E-state index is 0.240. The molecule has 14 heavy (non-hydrogen) atoms. The van der Waals surface area contributed by atoms with E-state index in [9.17, 15) is 4.79 Å². The van der Waals surface area contributed by atoms with Gasteiger partial charge in [0.05, 0.1) is 0 Å². The predicted molar refractivity (Wildman–Crippen MR) is 57.3 cm³/mol. The van der Waals surface area contributed by atoms with Crippen LogP contribution in [0.25, 0.3) is 0 Å². The van der Waals surface area contributed by atoms with Gasteiger partial charge in [-0.3, -0.25) is 4.79 Å². The van der Waals surface area contributed by atoms with Crippen LogP contribution in [0, 0.1) is 0 Å². The maximum Gasteiger partial charge on any atom is 0.307 e. The van der Waals surface area contributed by atoms with Gasteiger partial charge in [0, 0.05) is 5.71 Å². The summed E-state index contributed by atoms with van der Waals surface area (Å²) < 4.78 is 5.57. The van der Waals surface area contributed by atoms with Crippen molar-refractivity contribution in [3.8, 4) is 0 Å². The van der Waals surface area contributed by atoms with Crippen molar-refractivity contribution in [1.82, 2.24) is 5.43 Å². The van der Waals surface area contributed by atoms with Gasteiger partial charge < -0.3 is 4.42 Å². The van der Waals surface area contributed by atoms with E-state index >= 15 is 0 Å². The zero-order chi connectivity index (χ0) is 10.6. The summed E-state index contributed by atoms with van der Waals surface area (Å²) in [7, 11) is 0. The molecule has 1 heterocycles. The smallest absolute Gasteiger partial charge is 0.307 e. The Morgan fingerprint density at radius 3 is 2.86 bits per heavy atom. The zero-order valence-electron chi connectivity index (χ0n) is 8.00. The monoisotopic (exact) mass is 258 g/mol. The molecule has 1 rings (SSSR count). The van der Waals surface area contributed by atoms with Crippen LogP contribution in [0.3, 0.4) is 0 Å². The van der Waals surface area contributed by atoms with Crippen molar-refractivity contribution in [2.24, 2.45) is 5.10 Å².